The molecule has 1 aromatic rings. The summed E-state index contributed by atoms with van der Waals surface area (Å²) in [6.07, 6.45) is 1.44. The first-order valence-corrected chi connectivity index (χ1v) is 5.10. The molecule has 92 valence electrons. The molecule has 7 nitrogen and oxygen atoms in total. The zero-order chi connectivity index (χ0) is 12.8. The van der Waals surface area contributed by atoms with Crippen LogP contribution in [0.1, 0.15) is 12.5 Å². The molecule has 0 aliphatic rings. The molecule has 17 heavy (non-hydrogen) atoms. The van der Waals surface area contributed by atoms with Crippen LogP contribution in [0.5, 0.6) is 0 Å². The second-order valence-electron chi connectivity index (χ2n) is 3.52. The van der Waals surface area contributed by atoms with E-state index >= 15 is 0 Å². The molecule has 1 aromatic heterocycles. The molecule has 1 rings (SSSR count). The fourth-order valence-corrected chi connectivity index (χ4v) is 1.24. The highest BCUT2D eigenvalue weighted by Crippen LogP contribution is 2.19. The van der Waals surface area contributed by atoms with Gasteiger partial charge in [0.15, 0.2) is 0 Å². The van der Waals surface area contributed by atoms with Gasteiger partial charge in [-0.3, -0.25) is 14.9 Å². The lowest BCUT2D eigenvalue weighted by Crippen LogP contribution is -2.26. The van der Waals surface area contributed by atoms with Crippen LogP contribution in [-0.2, 0) is 4.79 Å². The van der Waals surface area contributed by atoms with Crippen LogP contribution in [-0.4, -0.2) is 28.9 Å². The summed E-state index contributed by atoms with van der Waals surface area (Å²) in [5.74, 6) is 0.308. The summed E-state index contributed by atoms with van der Waals surface area (Å²) in [4.78, 5) is 24.8. The van der Waals surface area contributed by atoms with E-state index in [1.807, 2.05) is 0 Å². The lowest BCUT2D eigenvalue weighted by Gasteiger charge is -2.06. The molecule has 1 amide bonds. The molecule has 0 saturated carbocycles. The van der Waals surface area contributed by atoms with E-state index in [-0.39, 0.29) is 11.6 Å². The van der Waals surface area contributed by atoms with Gasteiger partial charge in [-0.05, 0) is 6.92 Å². The number of hydrogen-bond donors (Lipinski definition) is 2. The number of nitrogens with one attached hydrogen (secondary N) is 2. The first-order valence-electron chi connectivity index (χ1n) is 5.10. The largest absolute Gasteiger partial charge is 0.368 e. The Balaban J connectivity index is 2.57. The molecule has 0 atom stereocenters. The molecule has 0 spiro atoms. The van der Waals surface area contributed by atoms with Crippen LogP contribution in [0, 0.1) is 17.0 Å². The van der Waals surface area contributed by atoms with Crippen molar-refractivity contribution in [2.24, 2.45) is 0 Å². The van der Waals surface area contributed by atoms with Gasteiger partial charge < -0.3 is 10.6 Å². The van der Waals surface area contributed by atoms with Crippen molar-refractivity contribution in [2.75, 3.05) is 18.4 Å². The lowest BCUT2D eigenvalue weighted by atomic mass is 10.2. The number of carbonyl (C=O) groups is 1. The number of carbonyl (C=O) groups excluding carboxylic acids is 1. The summed E-state index contributed by atoms with van der Waals surface area (Å²) < 4.78 is 0. The molecular weight excluding hydrogens is 224 g/mol. The molecule has 0 bridgehead atoms. The number of pyridine rings is 1. The summed E-state index contributed by atoms with van der Waals surface area (Å²) in [5.41, 5.74) is 0.546. The molecule has 7 heteroatoms. The molecule has 0 fully saturated rings. The van der Waals surface area contributed by atoms with Crippen LogP contribution < -0.4 is 10.6 Å². The van der Waals surface area contributed by atoms with Crippen molar-refractivity contribution < 1.29 is 9.72 Å². The van der Waals surface area contributed by atoms with Gasteiger partial charge in [-0.25, -0.2) is 4.98 Å². The van der Waals surface area contributed by atoms with Crippen LogP contribution >= 0.6 is 0 Å². The van der Waals surface area contributed by atoms with Gasteiger partial charge in [-0.2, -0.15) is 0 Å². The van der Waals surface area contributed by atoms with Gasteiger partial charge in [-0.1, -0.05) is 0 Å². The second-order valence-corrected chi connectivity index (χ2v) is 3.52. The lowest BCUT2D eigenvalue weighted by molar-refractivity contribution is -0.385. The van der Waals surface area contributed by atoms with E-state index in [0.29, 0.717) is 24.5 Å². The van der Waals surface area contributed by atoms with Gasteiger partial charge in [0.05, 0.1) is 11.0 Å². The fourth-order valence-electron chi connectivity index (χ4n) is 1.24. The van der Waals surface area contributed by atoms with Crippen LogP contribution in [0.2, 0.25) is 0 Å². The van der Waals surface area contributed by atoms with Crippen LogP contribution in [0.3, 0.4) is 0 Å². The van der Waals surface area contributed by atoms with Crippen LogP contribution in [0.15, 0.2) is 12.3 Å². The van der Waals surface area contributed by atoms with Gasteiger partial charge in [0.1, 0.15) is 5.82 Å². The van der Waals surface area contributed by atoms with Crippen molar-refractivity contribution in [2.45, 2.75) is 13.8 Å². The highest BCUT2D eigenvalue weighted by Gasteiger charge is 2.11. The molecule has 0 aromatic carbocycles. The number of anilines is 1. The Morgan fingerprint density at radius 2 is 2.24 bits per heavy atom. The molecular formula is C10H14N4O3. The summed E-state index contributed by atoms with van der Waals surface area (Å²) in [6.45, 7) is 3.96. The van der Waals surface area contributed by atoms with Gasteiger partial charge in [0.25, 0.3) is 5.69 Å². The third-order valence-electron chi connectivity index (χ3n) is 2.08. The number of hydrogen-bond acceptors (Lipinski definition) is 5. The Morgan fingerprint density at radius 3 is 2.82 bits per heavy atom. The van der Waals surface area contributed by atoms with E-state index in [2.05, 4.69) is 15.6 Å². The number of rotatable bonds is 5. The van der Waals surface area contributed by atoms with Crippen molar-refractivity contribution in [1.82, 2.24) is 10.3 Å². The average molecular weight is 238 g/mol. The standard InChI is InChI=1S/C10H14N4O3/c1-7-6-13-10(5-9(7)14(16)17)12-4-3-11-8(2)15/h5-6H,3-4H2,1-2H3,(H,11,15)(H,12,13). The number of amides is 1. The Hall–Kier alpha value is -2.18. The zero-order valence-corrected chi connectivity index (χ0v) is 9.69. The van der Waals surface area contributed by atoms with E-state index in [1.165, 1.54) is 19.2 Å². The van der Waals surface area contributed by atoms with Crippen molar-refractivity contribution in [3.63, 3.8) is 0 Å². The maximum atomic E-state index is 10.7. The van der Waals surface area contributed by atoms with E-state index < -0.39 is 4.92 Å². The normalized spacial score (nSPS) is 9.76. The van der Waals surface area contributed by atoms with E-state index in [1.54, 1.807) is 6.92 Å². The average Bonchev–Trinajstić information content (AvgIpc) is 2.25. The number of aromatic nitrogens is 1. The molecule has 0 radical (unpaired) electrons. The first kappa shape index (κ1) is 12.9. The topological polar surface area (TPSA) is 97.2 Å². The minimum atomic E-state index is -0.448. The smallest absolute Gasteiger partial charge is 0.277 e. The van der Waals surface area contributed by atoms with Gasteiger partial charge >= 0.3 is 0 Å². The summed E-state index contributed by atoms with van der Waals surface area (Å²) in [5, 5.41) is 16.2. The molecule has 0 aliphatic carbocycles. The van der Waals surface area contributed by atoms with E-state index in [9.17, 15) is 14.9 Å². The zero-order valence-electron chi connectivity index (χ0n) is 9.69. The van der Waals surface area contributed by atoms with Crippen molar-refractivity contribution >= 4 is 17.4 Å². The highest BCUT2D eigenvalue weighted by atomic mass is 16.6. The summed E-state index contributed by atoms with van der Waals surface area (Å²) in [7, 11) is 0. The molecule has 1 heterocycles. The van der Waals surface area contributed by atoms with Gasteiger partial charge in [0, 0.05) is 31.8 Å². The van der Waals surface area contributed by atoms with Crippen LogP contribution in [0.25, 0.3) is 0 Å². The third-order valence-corrected chi connectivity index (χ3v) is 2.08. The molecule has 0 unspecified atom stereocenters. The first-order chi connectivity index (χ1) is 8.00. The second kappa shape index (κ2) is 5.78. The van der Waals surface area contributed by atoms with Gasteiger partial charge in [-0.15, -0.1) is 0 Å². The predicted molar refractivity (Wildman–Crippen MR) is 62.8 cm³/mol. The summed E-state index contributed by atoms with van der Waals surface area (Å²) in [6, 6.07) is 1.38. The van der Waals surface area contributed by atoms with Crippen molar-refractivity contribution in [1.29, 1.82) is 0 Å². The number of nitrogens with zero attached hydrogens (tertiary/aromatic N) is 2. The van der Waals surface area contributed by atoms with E-state index in [0.717, 1.165) is 0 Å². The van der Waals surface area contributed by atoms with Crippen molar-refractivity contribution in [3.8, 4) is 0 Å². The van der Waals surface area contributed by atoms with Gasteiger partial charge in [0.2, 0.25) is 5.91 Å². The number of nitro groups is 1. The Bertz CT molecular complexity index is 434. The molecule has 2 N–H and O–H groups in total. The fraction of sp³-hybridized carbons (Fsp3) is 0.400. The quantitative estimate of drug-likeness (QED) is 0.450. The Morgan fingerprint density at radius 1 is 1.53 bits per heavy atom. The maximum absolute atomic E-state index is 10.7. The highest BCUT2D eigenvalue weighted by molar-refractivity contribution is 5.72. The minimum absolute atomic E-state index is 0.0297. The Labute approximate surface area is 98.4 Å². The molecule has 0 aliphatic heterocycles. The SMILES string of the molecule is CC(=O)NCCNc1cc([N+](=O)[O-])c(C)cn1. The number of aryl methyl sites for hydroxylation is 1. The Kier molecular flexibility index (Phi) is 4.38. The summed E-state index contributed by atoms with van der Waals surface area (Å²) >= 11 is 0. The minimum Gasteiger partial charge on any atom is -0.368 e. The van der Waals surface area contributed by atoms with Crippen molar-refractivity contribution in [3.05, 3.63) is 27.9 Å². The third kappa shape index (κ3) is 4.06. The molecule has 0 saturated heterocycles. The maximum Gasteiger partial charge on any atom is 0.277 e. The predicted octanol–water partition coefficient (Wildman–Crippen LogP) is 0.846. The monoisotopic (exact) mass is 238 g/mol. The van der Waals surface area contributed by atoms with E-state index in [4.69, 9.17) is 0 Å². The van der Waals surface area contributed by atoms with Crippen LogP contribution in [0.4, 0.5) is 11.5 Å².